The van der Waals surface area contributed by atoms with Gasteiger partial charge in [-0.2, -0.15) is 0 Å². The van der Waals surface area contributed by atoms with Crippen LogP contribution >= 0.6 is 22.6 Å². The van der Waals surface area contributed by atoms with Crippen LogP contribution in [0.3, 0.4) is 0 Å². The Morgan fingerprint density at radius 2 is 1.67 bits per heavy atom. The second kappa shape index (κ2) is 5.52. The molecular weight excluding hydrogens is 337 g/mol. The molecule has 0 aromatic heterocycles. The van der Waals surface area contributed by atoms with Gasteiger partial charge in [0, 0.05) is 9.13 Å². The minimum absolute atomic E-state index is 0.0640. The number of carbonyl (C=O) groups excluding carboxylic acids is 1. The smallest absolute Gasteiger partial charge is 0.255 e. The molecule has 0 atom stereocenters. The van der Waals surface area contributed by atoms with Crippen molar-refractivity contribution >= 4 is 34.2 Å². The molecule has 2 aromatic rings. The summed E-state index contributed by atoms with van der Waals surface area (Å²) in [6.45, 7) is 3.99. The van der Waals surface area contributed by atoms with E-state index < -0.39 is 0 Å². The van der Waals surface area contributed by atoms with Crippen LogP contribution in [0, 0.1) is 17.4 Å². The monoisotopic (exact) mass is 351 g/mol. The number of amides is 1. The molecule has 0 radical (unpaired) electrons. The fourth-order valence-corrected chi connectivity index (χ4v) is 2.39. The van der Waals surface area contributed by atoms with E-state index in [1.54, 1.807) is 0 Å². The molecule has 0 aliphatic heterocycles. The van der Waals surface area contributed by atoms with Gasteiger partial charge in [-0.05, 0) is 60.7 Å². The average Bonchev–Trinajstić information content (AvgIpc) is 2.31. The van der Waals surface area contributed by atoms with Gasteiger partial charge < -0.3 is 5.32 Å². The number of hydrogen-bond donors (Lipinski definition) is 1. The van der Waals surface area contributed by atoms with E-state index in [9.17, 15) is 4.79 Å². The van der Waals surface area contributed by atoms with Gasteiger partial charge in [0.1, 0.15) is 0 Å². The van der Waals surface area contributed by atoms with E-state index in [1.165, 1.54) is 0 Å². The molecule has 0 saturated heterocycles. The highest BCUT2D eigenvalue weighted by Gasteiger charge is 2.08. The molecule has 3 heteroatoms. The number of anilines is 1. The van der Waals surface area contributed by atoms with Crippen LogP contribution in [0.25, 0.3) is 0 Å². The zero-order valence-corrected chi connectivity index (χ0v) is 12.5. The van der Waals surface area contributed by atoms with Crippen molar-refractivity contribution in [2.45, 2.75) is 13.8 Å². The molecule has 1 amide bonds. The number of nitrogens with one attached hydrogen (secondary N) is 1. The molecule has 0 heterocycles. The standard InChI is InChI=1S/C15H14INO/c1-10-7-11(2)9-12(8-10)15(18)17-14-6-4-3-5-13(14)16/h3-9H,1-2H3,(H,17,18). The van der Waals surface area contributed by atoms with Crippen LogP contribution in [0.15, 0.2) is 42.5 Å². The SMILES string of the molecule is Cc1cc(C)cc(C(=O)Nc2ccccc2I)c1. The van der Waals surface area contributed by atoms with Crippen LogP contribution < -0.4 is 5.32 Å². The van der Waals surface area contributed by atoms with Crippen LogP contribution in [0.5, 0.6) is 0 Å². The van der Waals surface area contributed by atoms with Crippen molar-refractivity contribution in [3.8, 4) is 0 Å². The first-order chi connectivity index (χ1) is 8.56. The second-order valence-electron chi connectivity index (χ2n) is 4.31. The first-order valence-corrected chi connectivity index (χ1v) is 6.78. The Bertz CT molecular complexity index is 573. The Balaban J connectivity index is 2.25. The predicted molar refractivity (Wildman–Crippen MR) is 83.0 cm³/mol. The summed E-state index contributed by atoms with van der Waals surface area (Å²) < 4.78 is 1.04. The number of benzene rings is 2. The molecule has 2 nitrogen and oxygen atoms in total. The van der Waals surface area contributed by atoms with E-state index >= 15 is 0 Å². The van der Waals surface area contributed by atoms with E-state index in [-0.39, 0.29) is 5.91 Å². The summed E-state index contributed by atoms with van der Waals surface area (Å²) in [4.78, 5) is 12.2. The molecule has 1 N–H and O–H groups in total. The van der Waals surface area contributed by atoms with Gasteiger partial charge in [-0.25, -0.2) is 0 Å². The first kappa shape index (κ1) is 13.1. The highest BCUT2D eigenvalue weighted by atomic mass is 127. The van der Waals surface area contributed by atoms with E-state index in [0.717, 1.165) is 20.4 Å². The molecule has 0 bridgehead atoms. The summed E-state index contributed by atoms with van der Waals surface area (Å²) >= 11 is 2.21. The molecule has 0 aliphatic carbocycles. The fraction of sp³-hybridized carbons (Fsp3) is 0.133. The van der Waals surface area contributed by atoms with Gasteiger partial charge >= 0.3 is 0 Å². The van der Waals surface area contributed by atoms with Crippen LogP contribution in [-0.2, 0) is 0 Å². The van der Waals surface area contributed by atoms with Crippen molar-refractivity contribution in [3.05, 3.63) is 62.7 Å². The van der Waals surface area contributed by atoms with E-state index in [0.29, 0.717) is 5.56 Å². The highest BCUT2D eigenvalue weighted by Crippen LogP contribution is 2.18. The third-order valence-corrected chi connectivity index (χ3v) is 3.55. The van der Waals surface area contributed by atoms with E-state index in [2.05, 4.69) is 34.0 Å². The molecule has 0 spiro atoms. The van der Waals surface area contributed by atoms with Gasteiger partial charge in [-0.3, -0.25) is 4.79 Å². The van der Waals surface area contributed by atoms with E-state index in [4.69, 9.17) is 0 Å². The van der Waals surface area contributed by atoms with Gasteiger partial charge in [-0.1, -0.05) is 29.3 Å². The largest absolute Gasteiger partial charge is 0.321 e. The third-order valence-electron chi connectivity index (χ3n) is 2.61. The number of aryl methyl sites for hydroxylation is 2. The third kappa shape index (κ3) is 3.10. The van der Waals surface area contributed by atoms with Gasteiger partial charge in [-0.15, -0.1) is 0 Å². The lowest BCUT2D eigenvalue weighted by atomic mass is 10.1. The van der Waals surface area contributed by atoms with Gasteiger partial charge in [0.2, 0.25) is 0 Å². The Labute approximate surface area is 121 Å². The maximum Gasteiger partial charge on any atom is 0.255 e. The molecule has 0 saturated carbocycles. The summed E-state index contributed by atoms with van der Waals surface area (Å²) in [7, 11) is 0. The molecular formula is C15H14INO. The quantitative estimate of drug-likeness (QED) is 0.809. The fourth-order valence-electron chi connectivity index (χ4n) is 1.86. The van der Waals surface area contributed by atoms with Crippen LogP contribution in [-0.4, -0.2) is 5.91 Å². The van der Waals surface area contributed by atoms with Crippen molar-refractivity contribution in [2.75, 3.05) is 5.32 Å². The first-order valence-electron chi connectivity index (χ1n) is 5.70. The minimum Gasteiger partial charge on any atom is -0.321 e. The lowest BCUT2D eigenvalue weighted by molar-refractivity contribution is 0.102. The summed E-state index contributed by atoms with van der Waals surface area (Å²) in [6, 6.07) is 13.6. The van der Waals surface area contributed by atoms with Crippen molar-refractivity contribution in [1.82, 2.24) is 0 Å². The number of halogens is 1. The Morgan fingerprint density at radius 1 is 1.06 bits per heavy atom. The van der Waals surface area contributed by atoms with Crippen LogP contribution in [0.1, 0.15) is 21.5 Å². The summed E-state index contributed by atoms with van der Waals surface area (Å²) in [6.07, 6.45) is 0. The molecule has 0 fully saturated rings. The highest BCUT2D eigenvalue weighted by molar-refractivity contribution is 14.1. The normalized spacial score (nSPS) is 10.2. The Morgan fingerprint density at radius 3 is 2.28 bits per heavy atom. The summed E-state index contributed by atoms with van der Waals surface area (Å²) in [5.41, 5.74) is 3.75. The zero-order valence-electron chi connectivity index (χ0n) is 10.3. The van der Waals surface area contributed by atoms with Gasteiger partial charge in [0.05, 0.1) is 5.69 Å². The molecule has 0 aliphatic rings. The second-order valence-corrected chi connectivity index (χ2v) is 5.47. The molecule has 18 heavy (non-hydrogen) atoms. The zero-order chi connectivity index (χ0) is 13.1. The van der Waals surface area contributed by atoms with E-state index in [1.807, 2.05) is 50.2 Å². The number of hydrogen-bond acceptors (Lipinski definition) is 1. The molecule has 2 aromatic carbocycles. The van der Waals surface area contributed by atoms with Crippen molar-refractivity contribution in [2.24, 2.45) is 0 Å². The molecule has 0 unspecified atom stereocenters. The number of rotatable bonds is 2. The predicted octanol–water partition coefficient (Wildman–Crippen LogP) is 4.16. The molecule has 2 rings (SSSR count). The van der Waals surface area contributed by atoms with Crippen LogP contribution in [0.4, 0.5) is 5.69 Å². The Kier molecular flexibility index (Phi) is 4.01. The van der Waals surface area contributed by atoms with Gasteiger partial charge in [0.15, 0.2) is 0 Å². The summed E-state index contributed by atoms with van der Waals surface area (Å²) in [5, 5.41) is 2.93. The van der Waals surface area contributed by atoms with Crippen molar-refractivity contribution in [1.29, 1.82) is 0 Å². The lowest BCUT2D eigenvalue weighted by Gasteiger charge is -2.08. The maximum absolute atomic E-state index is 12.2. The maximum atomic E-state index is 12.2. The minimum atomic E-state index is -0.0640. The van der Waals surface area contributed by atoms with Gasteiger partial charge in [0.25, 0.3) is 5.91 Å². The van der Waals surface area contributed by atoms with Crippen molar-refractivity contribution in [3.63, 3.8) is 0 Å². The number of para-hydroxylation sites is 1. The van der Waals surface area contributed by atoms with Crippen molar-refractivity contribution < 1.29 is 4.79 Å². The number of carbonyl (C=O) groups is 1. The Hall–Kier alpha value is -1.36. The summed E-state index contributed by atoms with van der Waals surface area (Å²) in [5.74, 6) is -0.0640. The topological polar surface area (TPSA) is 29.1 Å². The average molecular weight is 351 g/mol. The van der Waals surface area contributed by atoms with Crippen LogP contribution in [0.2, 0.25) is 0 Å². The lowest BCUT2D eigenvalue weighted by Crippen LogP contribution is -2.13. The molecule has 92 valence electrons.